The van der Waals surface area contributed by atoms with Crippen molar-refractivity contribution >= 4 is 0 Å². The van der Waals surface area contributed by atoms with Crippen LogP contribution < -0.4 is 11.5 Å². The Kier molecular flexibility index (Phi) is 8.09. The lowest BCUT2D eigenvalue weighted by molar-refractivity contribution is -0.153. The Bertz CT molecular complexity index is 400. The molecule has 0 aromatic carbocycles. The average molecular weight is 375 g/mol. The predicted octanol–water partition coefficient (Wildman–Crippen LogP) is 1.80. The molecule has 0 bridgehead atoms. The van der Waals surface area contributed by atoms with E-state index < -0.39 is 23.3 Å². The molecule has 0 unspecified atom stereocenters. The molecule has 0 aromatic rings. The van der Waals surface area contributed by atoms with Gasteiger partial charge in [0.25, 0.3) is 0 Å². The Morgan fingerprint density at radius 1 is 0.769 bits per heavy atom. The molecule has 0 radical (unpaired) electrons. The Morgan fingerprint density at radius 3 is 1.23 bits per heavy atom. The largest absolute Gasteiger partial charge is 0.389 e. The van der Waals surface area contributed by atoms with Gasteiger partial charge in [-0.3, -0.25) is 0 Å². The van der Waals surface area contributed by atoms with Gasteiger partial charge in [0.05, 0.1) is 36.6 Å². The van der Waals surface area contributed by atoms with Crippen molar-refractivity contribution in [1.29, 1.82) is 0 Å². The van der Waals surface area contributed by atoms with Crippen molar-refractivity contribution < 1.29 is 19.7 Å². The molecule has 2 fully saturated rings. The normalized spacial score (nSPS) is 46.8. The van der Waals surface area contributed by atoms with E-state index in [0.29, 0.717) is 11.8 Å². The molecule has 0 spiro atoms. The summed E-state index contributed by atoms with van der Waals surface area (Å²) in [7, 11) is 0. The van der Waals surface area contributed by atoms with Crippen molar-refractivity contribution in [1.82, 2.24) is 0 Å². The van der Waals surface area contributed by atoms with Crippen molar-refractivity contribution in [3.8, 4) is 0 Å². The van der Waals surface area contributed by atoms with E-state index in [1.165, 1.54) is 0 Å². The van der Waals surface area contributed by atoms with Gasteiger partial charge in [0, 0.05) is 11.1 Å². The van der Waals surface area contributed by atoms with Gasteiger partial charge in [0.15, 0.2) is 0 Å². The van der Waals surface area contributed by atoms with Crippen LogP contribution in [-0.4, -0.2) is 57.9 Å². The third-order valence-corrected chi connectivity index (χ3v) is 5.79. The number of nitrogens with two attached hydrogens (primary N) is 2. The zero-order valence-electron chi connectivity index (χ0n) is 17.9. The van der Waals surface area contributed by atoms with Gasteiger partial charge in [0.2, 0.25) is 0 Å². The van der Waals surface area contributed by atoms with Crippen molar-refractivity contribution in [2.24, 2.45) is 23.3 Å². The molecule has 2 heterocycles. The van der Waals surface area contributed by atoms with Crippen LogP contribution in [0.3, 0.4) is 0 Å². The lowest BCUT2D eigenvalue weighted by Gasteiger charge is -2.44. The minimum Gasteiger partial charge on any atom is -0.389 e. The van der Waals surface area contributed by atoms with Gasteiger partial charge in [-0.1, -0.05) is 27.7 Å². The maximum atomic E-state index is 9.76. The highest BCUT2D eigenvalue weighted by molar-refractivity contribution is 4.98. The summed E-state index contributed by atoms with van der Waals surface area (Å²) in [6.45, 7) is 16.0. The summed E-state index contributed by atoms with van der Waals surface area (Å²) in [6, 6.07) is 0. The van der Waals surface area contributed by atoms with Gasteiger partial charge in [-0.15, -0.1) is 0 Å². The smallest absolute Gasteiger partial charge is 0.0976 e. The van der Waals surface area contributed by atoms with E-state index in [-0.39, 0.29) is 24.4 Å². The van der Waals surface area contributed by atoms with E-state index in [4.69, 9.17) is 20.9 Å². The highest BCUT2D eigenvalue weighted by Crippen LogP contribution is 2.31. The third kappa shape index (κ3) is 5.88. The van der Waals surface area contributed by atoms with Crippen LogP contribution in [0.15, 0.2) is 0 Å². The fourth-order valence-electron chi connectivity index (χ4n) is 3.76. The van der Waals surface area contributed by atoms with E-state index in [9.17, 15) is 10.2 Å². The molecule has 6 heteroatoms. The average Bonchev–Trinajstić information content (AvgIpc) is 2.49. The predicted molar refractivity (Wildman–Crippen MR) is 105 cm³/mol. The van der Waals surface area contributed by atoms with Crippen LogP contribution in [0.1, 0.15) is 68.2 Å². The molecule has 156 valence electrons. The Hall–Kier alpha value is -0.240. The van der Waals surface area contributed by atoms with Gasteiger partial charge in [-0.25, -0.2) is 0 Å². The second kappa shape index (κ2) is 8.84. The molecule has 0 aromatic heterocycles. The van der Waals surface area contributed by atoms with Crippen molar-refractivity contribution in [3.63, 3.8) is 0 Å². The lowest BCUT2D eigenvalue weighted by Crippen LogP contribution is -2.60. The molecule has 2 aliphatic heterocycles. The molecule has 2 rings (SSSR count). The standard InChI is InChI=1S/2C10H21NO2/c2*1-6(2)8-5-10(4,11)9(12)7(3)13-8/h2*6-9,12H,5,11H2,1-4H3/t2*7-,8+,9-,10-/m10/s1. The monoisotopic (exact) mass is 374 g/mol. The van der Waals surface area contributed by atoms with E-state index >= 15 is 0 Å². The summed E-state index contributed by atoms with van der Waals surface area (Å²) in [6.07, 6.45) is 0.394. The third-order valence-electron chi connectivity index (χ3n) is 5.79. The molecule has 6 N–H and O–H groups in total. The molecule has 6 nitrogen and oxygen atoms in total. The topological polar surface area (TPSA) is 111 Å². The summed E-state index contributed by atoms with van der Waals surface area (Å²) in [5.41, 5.74) is 11.0. The fraction of sp³-hybridized carbons (Fsp3) is 1.00. The number of aliphatic hydroxyl groups excluding tert-OH is 2. The van der Waals surface area contributed by atoms with E-state index in [1.807, 2.05) is 27.7 Å². The van der Waals surface area contributed by atoms with Crippen molar-refractivity contribution in [3.05, 3.63) is 0 Å². The van der Waals surface area contributed by atoms with Crippen LogP contribution >= 0.6 is 0 Å². The van der Waals surface area contributed by atoms with Crippen molar-refractivity contribution in [2.75, 3.05) is 0 Å². The molecule has 8 atom stereocenters. The Morgan fingerprint density at radius 2 is 1.04 bits per heavy atom. The summed E-state index contributed by atoms with van der Waals surface area (Å²) in [5, 5.41) is 19.5. The van der Waals surface area contributed by atoms with Gasteiger partial charge in [0.1, 0.15) is 0 Å². The van der Waals surface area contributed by atoms with Crippen LogP contribution in [-0.2, 0) is 9.47 Å². The number of ether oxygens (including phenoxy) is 2. The molecular formula is C20H42N2O4. The van der Waals surface area contributed by atoms with Gasteiger partial charge in [-0.05, 0) is 52.4 Å². The molecule has 0 aliphatic carbocycles. The first kappa shape index (κ1) is 23.8. The first-order valence-corrected chi connectivity index (χ1v) is 9.93. The molecule has 0 saturated carbocycles. The Balaban J connectivity index is 0.000000260. The van der Waals surface area contributed by atoms with Crippen LogP contribution in [0.25, 0.3) is 0 Å². The van der Waals surface area contributed by atoms with E-state index in [0.717, 1.165) is 12.8 Å². The first-order chi connectivity index (χ1) is 11.7. The minimum absolute atomic E-state index is 0.156. The molecule has 2 saturated heterocycles. The highest BCUT2D eigenvalue weighted by atomic mass is 16.5. The second-order valence-corrected chi connectivity index (χ2v) is 9.56. The number of hydrogen-bond acceptors (Lipinski definition) is 6. The zero-order chi connectivity index (χ0) is 20.4. The van der Waals surface area contributed by atoms with Crippen LogP contribution in [0.4, 0.5) is 0 Å². The maximum absolute atomic E-state index is 9.76. The lowest BCUT2D eigenvalue weighted by atomic mass is 9.81. The quantitative estimate of drug-likeness (QED) is 0.586. The van der Waals surface area contributed by atoms with Gasteiger partial charge in [-0.2, -0.15) is 0 Å². The highest BCUT2D eigenvalue weighted by Gasteiger charge is 2.43. The number of rotatable bonds is 2. The molecule has 26 heavy (non-hydrogen) atoms. The molecule has 2 aliphatic rings. The number of aliphatic hydroxyl groups is 2. The van der Waals surface area contributed by atoms with Gasteiger partial charge >= 0.3 is 0 Å². The van der Waals surface area contributed by atoms with Gasteiger partial charge < -0.3 is 31.2 Å². The SMILES string of the molecule is CC(C)[C@@H]1C[C@@](C)(N)[C@H](O)[C@@H](C)O1.CC(C)[C@H]1C[C@](C)(N)[C@@H](O)[C@H](C)O1. The molecule has 0 amide bonds. The first-order valence-electron chi connectivity index (χ1n) is 9.93. The van der Waals surface area contributed by atoms with Crippen LogP contribution in [0.2, 0.25) is 0 Å². The number of hydrogen-bond donors (Lipinski definition) is 4. The summed E-state index contributed by atoms with van der Waals surface area (Å²) in [5.74, 6) is 0.913. The fourth-order valence-corrected chi connectivity index (χ4v) is 3.76. The summed E-state index contributed by atoms with van der Waals surface area (Å²) in [4.78, 5) is 0. The summed E-state index contributed by atoms with van der Waals surface area (Å²) < 4.78 is 11.3. The maximum Gasteiger partial charge on any atom is 0.0976 e. The van der Waals surface area contributed by atoms with Crippen LogP contribution in [0.5, 0.6) is 0 Å². The van der Waals surface area contributed by atoms with Crippen LogP contribution in [0, 0.1) is 11.8 Å². The zero-order valence-corrected chi connectivity index (χ0v) is 17.9. The summed E-state index contributed by atoms with van der Waals surface area (Å²) >= 11 is 0. The van der Waals surface area contributed by atoms with E-state index in [1.54, 1.807) is 0 Å². The molecular weight excluding hydrogens is 332 g/mol. The van der Waals surface area contributed by atoms with Crippen molar-refractivity contribution in [2.45, 2.75) is 116 Å². The van der Waals surface area contributed by atoms with E-state index in [2.05, 4.69) is 27.7 Å². The second-order valence-electron chi connectivity index (χ2n) is 9.56. The Labute approximate surface area is 159 Å². The minimum atomic E-state index is -0.553.